The lowest BCUT2D eigenvalue weighted by Gasteiger charge is -2.18. The van der Waals surface area contributed by atoms with Gasteiger partial charge in [-0.05, 0) is 61.3 Å². The van der Waals surface area contributed by atoms with E-state index in [9.17, 15) is 24.3 Å². The Morgan fingerprint density at radius 3 is 1.89 bits per heavy atom. The van der Waals surface area contributed by atoms with Crippen molar-refractivity contribution in [3.8, 4) is 0 Å². The van der Waals surface area contributed by atoms with Crippen LogP contribution >= 0.6 is 7.82 Å². The van der Waals surface area contributed by atoms with Crippen LogP contribution in [0.25, 0.3) is 11.0 Å². The maximum Gasteiger partial charge on any atom is 0.469 e. The van der Waals surface area contributed by atoms with Crippen LogP contribution in [0.15, 0.2) is 28.9 Å². The molecule has 0 aliphatic rings. The number of nitro groups is 1. The molecule has 16 heteroatoms. The molecule has 15 nitrogen and oxygen atoms in total. The average molecular weight is 797 g/mol. The molecular formula is C39H65N4O11P. The third-order valence-corrected chi connectivity index (χ3v) is 9.75. The molecule has 0 aliphatic heterocycles. The van der Waals surface area contributed by atoms with Gasteiger partial charge >= 0.3 is 25.4 Å². The van der Waals surface area contributed by atoms with Crippen molar-refractivity contribution in [2.45, 2.75) is 167 Å². The molecule has 55 heavy (non-hydrogen) atoms. The van der Waals surface area contributed by atoms with Crippen molar-refractivity contribution in [2.24, 2.45) is 0 Å². The maximum atomic E-state index is 12.4. The molecule has 0 saturated carbocycles. The Kier molecular flexibility index (Phi) is 25.9. The molecule has 0 spiro atoms. The standard InChI is InChI=1S/C39H65N4O11P/c1-2-3-4-5-6-7-8-9-10-11-12-14-17-20-23-26-36(44)51-31-33(32-52-55(48,49)50)53-37(45)27-24-21-18-15-13-16-19-22-25-30-40-34-28-29-35(43(46)47)39-38(34)41-54-42-39/h9-10,28-29,33,40H,2-8,11-27,30-32H2,1H3,(H2,48,49,50)/b10-9-/t33-/m1/s1. The molecule has 0 radical (unpaired) electrons. The monoisotopic (exact) mass is 796 g/mol. The van der Waals surface area contributed by atoms with Gasteiger partial charge in [0.1, 0.15) is 6.61 Å². The van der Waals surface area contributed by atoms with Crippen LogP contribution in [0.3, 0.4) is 0 Å². The van der Waals surface area contributed by atoms with E-state index in [2.05, 4.69) is 43.9 Å². The average Bonchev–Trinajstić information content (AvgIpc) is 3.65. The Labute approximate surface area is 326 Å². The molecule has 1 aromatic carbocycles. The Bertz CT molecular complexity index is 1430. The summed E-state index contributed by atoms with van der Waals surface area (Å²) >= 11 is 0. The number of carbonyl (C=O) groups excluding carboxylic acids is 2. The highest BCUT2D eigenvalue weighted by molar-refractivity contribution is 7.46. The van der Waals surface area contributed by atoms with Crippen LogP contribution in [0.2, 0.25) is 0 Å². The summed E-state index contributed by atoms with van der Waals surface area (Å²) in [5.74, 6) is -0.976. The highest BCUT2D eigenvalue weighted by Gasteiger charge is 2.23. The van der Waals surface area contributed by atoms with Crippen LogP contribution in [-0.2, 0) is 28.2 Å². The number of nitrogens with zero attached hydrogens (tertiary/aromatic N) is 3. The predicted molar refractivity (Wildman–Crippen MR) is 211 cm³/mol. The molecule has 1 aromatic heterocycles. The number of nitro benzene ring substituents is 1. The molecule has 0 amide bonds. The van der Waals surface area contributed by atoms with Crippen molar-refractivity contribution >= 4 is 42.2 Å². The molecule has 0 fully saturated rings. The van der Waals surface area contributed by atoms with Gasteiger partial charge < -0.3 is 24.6 Å². The Balaban J connectivity index is 1.48. The number of hydrogen-bond acceptors (Lipinski definition) is 12. The summed E-state index contributed by atoms with van der Waals surface area (Å²) in [5.41, 5.74) is 0.978. The lowest BCUT2D eigenvalue weighted by molar-refractivity contribution is -0.383. The summed E-state index contributed by atoms with van der Waals surface area (Å²) in [6.45, 7) is 2.03. The van der Waals surface area contributed by atoms with Gasteiger partial charge in [0.15, 0.2) is 11.6 Å². The van der Waals surface area contributed by atoms with Gasteiger partial charge in [-0.2, -0.15) is 0 Å². The van der Waals surface area contributed by atoms with Gasteiger partial charge in [-0.15, -0.1) is 0 Å². The SMILES string of the molecule is CCCCCCCC/C=C\CCCCCCCC(=O)OC[C@H](COP(=O)(O)O)OC(=O)CCCCCCCCCCCNc1ccc([N+](=O)[O-])c2nonc12. The van der Waals surface area contributed by atoms with Gasteiger partial charge in [-0.1, -0.05) is 115 Å². The summed E-state index contributed by atoms with van der Waals surface area (Å²) in [5, 5.41) is 21.8. The number of unbranched alkanes of at least 4 members (excludes halogenated alkanes) is 19. The third kappa shape index (κ3) is 24.0. The van der Waals surface area contributed by atoms with E-state index in [0.717, 1.165) is 89.9 Å². The lowest BCUT2D eigenvalue weighted by Crippen LogP contribution is -2.29. The molecule has 2 rings (SSSR count). The number of nitrogens with one attached hydrogen (secondary N) is 1. The van der Waals surface area contributed by atoms with Gasteiger partial charge in [0.05, 0.1) is 17.2 Å². The number of rotatable bonds is 35. The molecule has 0 bridgehead atoms. The molecule has 1 heterocycles. The van der Waals surface area contributed by atoms with Gasteiger partial charge in [-0.3, -0.25) is 24.2 Å². The zero-order valence-electron chi connectivity index (χ0n) is 32.8. The fraction of sp³-hybridized carbons (Fsp3) is 0.744. The van der Waals surface area contributed by atoms with Crippen molar-refractivity contribution in [3.63, 3.8) is 0 Å². The van der Waals surface area contributed by atoms with Crippen LogP contribution in [0, 0.1) is 10.1 Å². The molecule has 3 N–H and O–H groups in total. The zero-order chi connectivity index (χ0) is 40.0. The van der Waals surface area contributed by atoms with E-state index in [1.54, 1.807) is 6.07 Å². The van der Waals surface area contributed by atoms with Crippen molar-refractivity contribution in [1.82, 2.24) is 10.3 Å². The van der Waals surface area contributed by atoms with E-state index >= 15 is 0 Å². The van der Waals surface area contributed by atoms with Crippen molar-refractivity contribution in [2.75, 3.05) is 25.1 Å². The van der Waals surface area contributed by atoms with Gasteiger partial charge in [0, 0.05) is 25.5 Å². The molecule has 0 aliphatic carbocycles. The molecular weight excluding hydrogens is 731 g/mol. The summed E-state index contributed by atoms with van der Waals surface area (Å²) in [6, 6.07) is 3.00. The van der Waals surface area contributed by atoms with E-state index in [1.165, 1.54) is 44.6 Å². The van der Waals surface area contributed by atoms with Gasteiger partial charge in [0.25, 0.3) is 0 Å². The topological polar surface area (TPSA) is 213 Å². The summed E-state index contributed by atoms with van der Waals surface area (Å²) in [6.07, 6.45) is 27.5. The quantitative estimate of drug-likeness (QED) is 0.0148. The molecule has 1 atom stereocenters. The van der Waals surface area contributed by atoms with E-state index in [1.807, 2.05) is 0 Å². The molecule has 0 unspecified atom stereocenters. The van der Waals surface area contributed by atoms with Crippen LogP contribution in [0.1, 0.15) is 161 Å². The number of aromatic nitrogens is 2. The number of non-ortho nitro benzene ring substituents is 1. The Morgan fingerprint density at radius 2 is 1.31 bits per heavy atom. The van der Waals surface area contributed by atoms with Gasteiger partial charge in [0.2, 0.25) is 5.52 Å². The summed E-state index contributed by atoms with van der Waals surface area (Å²) < 4.78 is 31.0. The first-order chi connectivity index (χ1) is 26.6. The Hall–Kier alpha value is -3.39. The number of fused-ring (bicyclic) bond motifs is 1. The minimum Gasteiger partial charge on any atom is -0.462 e. The van der Waals surface area contributed by atoms with E-state index in [-0.39, 0.29) is 30.7 Å². The number of phosphoric ester groups is 1. The van der Waals surface area contributed by atoms with Crippen LogP contribution in [0.5, 0.6) is 0 Å². The Morgan fingerprint density at radius 1 is 0.782 bits per heavy atom. The number of hydrogen-bond donors (Lipinski definition) is 3. The number of esters is 2. The van der Waals surface area contributed by atoms with Crippen LogP contribution in [-0.4, -0.2) is 62.8 Å². The number of allylic oxidation sites excluding steroid dienone is 2. The zero-order valence-corrected chi connectivity index (χ0v) is 33.7. The van der Waals surface area contributed by atoms with E-state index in [0.29, 0.717) is 30.6 Å². The highest BCUT2D eigenvalue weighted by Crippen LogP contribution is 2.36. The summed E-state index contributed by atoms with van der Waals surface area (Å²) in [7, 11) is -4.79. The van der Waals surface area contributed by atoms with Gasteiger partial charge in [-0.25, -0.2) is 9.19 Å². The number of anilines is 1. The molecule has 312 valence electrons. The minimum absolute atomic E-state index is 0.126. The maximum absolute atomic E-state index is 12.4. The third-order valence-electron chi connectivity index (χ3n) is 9.26. The fourth-order valence-corrected chi connectivity index (χ4v) is 6.50. The number of benzene rings is 1. The summed E-state index contributed by atoms with van der Waals surface area (Å²) in [4.78, 5) is 53.5. The second kappa shape index (κ2) is 29.8. The fourth-order valence-electron chi connectivity index (χ4n) is 6.14. The normalized spacial score (nSPS) is 12.3. The second-order valence-electron chi connectivity index (χ2n) is 14.1. The number of ether oxygens (including phenoxy) is 2. The lowest BCUT2D eigenvalue weighted by atomic mass is 10.1. The van der Waals surface area contributed by atoms with Crippen molar-refractivity contribution in [3.05, 3.63) is 34.4 Å². The highest BCUT2D eigenvalue weighted by atomic mass is 31.2. The van der Waals surface area contributed by atoms with E-state index in [4.69, 9.17) is 19.3 Å². The number of phosphoric acid groups is 1. The first-order valence-electron chi connectivity index (χ1n) is 20.4. The first-order valence-corrected chi connectivity index (χ1v) is 22.0. The smallest absolute Gasteiger partial charge is 0.462 e. The van der Waals surface area contributed by atoms with E-state index < -0.39 is 37.4 Å². The van der Waals surface area contributed by atoms with Crippen LogP contribution in [0.4, 0.5) is 11.4 Å². The molecule has 0 saturated heterocycles. The minimum atomic E-state index is -4.79. The van der Waals surface area contributed by atoms with Crippen molar-refractivity contribution < 1.29 is 47.5 Å². The first kappa shape index (κ1) is 47.8. The number of carbonyl (C=O) groups is 2. The van der Waals surface area contributed by atoms with Crippen LogP contribution < -0.4 is 5.32 Å². The second-order valence-corrected chi connectivity index (χ2v) is 15.4. The molecule has 2 aromatic rings. The van der Waals surface area contributed by atoms with Crippen molar-refractivity contribution in [1.29, 1.82) is 0 Å². The largest absolute Gasteiger partial charge is 0.469 e. The predicted octanol–water partition coefficient (Wildman–Crippen LogP) is 10.0.